The summed E-state index contributed by atoms with van der Waals surface area (Å²) in [4.78, 5) is 0. The molecule has 10 heavy (non-hydrogen) atoms. The maximum Gasteiger partial charge on any atom is 0.0638 e. The second-order valence-corrected chi connectivity index (χ2v) is 2.11. The summed E-state index contributed by atoms with van der Waals surface area (Å²) in [6.45, 7) is 0. The van der Waals surface area contributed by atoms with Crippen molar-refractivity contribution in [3.05, 3.63) is 0 Å². The molecule has 0 amide bonds. The van der Waals surface area contributed by atoms with Gasteiger partial charge in [0.25, 0.3) is 0 Å². The number of nitrogens with one attached hydrogen (secondary N) is 1. The van der Waals surface area contributed by atoms with Gasteiger partial charge in [-0.05, 0) is 12.8 Å². The van der Waals surface area contributed by atoms with E-state index < -0.39 is 0 Å². The van der Waals surface area contributed by atoms with Gasteiger partial charge >= 0.3 is 0 Å². The van der Waals surface area contributed by atoms with Gasteiger partial charge < -0.3 is 0 Å². The second kappa shape index (κ2) is 6.07. The number of unbranched alkanes of at least 4 members (excludes halogenated alkanes) is 1. The summed E-state index contributed by atoms with van der Waals surface area (Å²) in [5, 5.41) is 16.3. The molecule has 0 aromatic heterocycles. The predicted octanol–water partition coefficient (Wildman–Crippen LogP) is 1.25. The van der Waals surface area contributed by atoms with Crippen LogP contribution in [-0.2, 0) is 0 Å². The number of hydrogen-bond donors (Lipinski definition) is 0. The molecule has 53 valence electrons. The minimum absolute atomic E-state index is 0.283. The molecule has 0 fully saturated rings. The van der Waals surface area contributed by atoms with Crippen molar-refractivity contribution in [2.24, 2.45) is 0 Å². The van der Waals surface area contributed by atoms with E-state index in [0.717, 1.165) is 6.42 Å². The number of nitriles is 2. The zero-order valence-electron chi connectivity index (χ0n) is 5.80. The highest BCUT2D eigenvalue weighted by molar-refractivity contribution is 4.78. The minimum atomic E-state index is -0.293. The predicted molar refractivity (Wildman–Crippen MR) is 36.6 cm³/mol. The van der Waals surface area contributed by atoms with E-state index >= 15 is 0 Å². The molecule has 0 heterocycles. The molecule has 0 aliphatic heterocycles. The van der Waals surface area contributed by atoms with Crippen LogP contribution >= 0.6 is 0 Å². The standard InChI is InChI=1S/C7H10N3/c8-5-2-1-3-7(10)4-6-9/h7,10H,1-4H2. The summed E-state index contributed by atoms with van der Waals surface area (Å²) >= 11 is 0. The molecular weight excluding hydrogens is 126 g/mol. The van der Waals surface area contributed by atoms with Crippen molar-refractivity contribution >= 4 is 0 Å². The topological polar surface area (TPSA) is 71.4 Å². The van der Waals surface area contributed by atoms with Crippen molar-refractivity contribution in [1.82, 2.24) is 5.73 Å². The first-order valence-corrected chi connectivity index (χ1v) is 3.26. The SMILES string of the molecule is N#CCCCC([NH])CC#N. The van der Waals surface area contributed by atoms with Gasteiger partial charge in [-0.25, -0.2) is 0 Å². The first kappa shape index (κ1) is 8.94. The van der Waals surface area contributed by atoms with E-state index in [1.165, 1.54) is 0 Å². The van der Waals surface area contributed by atoms with Crippen molar-refractivity contribution in [2.75, 3.05) is 0 Å². The number of hydrogen-bond acceptors (Lipinski definition) is 2. The summed E-state index contributed by atoms with van der Waals surface area (Å²) in [7, 11) is 0. The van der Waals surface area contributed by atoms with E-state index in [1.807, 2.05) is 12.1 Å². The van der Waals surface area contributed by atoms with Crippen LogP contribution in [0.5, 0.6) is 0 Å². The Morgan fingerprint density at radius 3 is 2.50 bits per heavy atom. The Hall–Kier alpha value is -1.06. The van der Waals surface area contributed by atoms with Crippen LogP contribution in [0.2, 0.25) is 0 Å². The Labute approximate surface area is 61.1 Å². The van der Waals surface area contributed by atoms with Crippen molar-refractivity contribution in [1.29, 1.82) is 10.5 Å². The molecule has 1 radical (unpaired) electrons. The van der Waals surface area contributed by atoms with Gasteiger partial charge in [0.15, 0.2) is 0 Å². The van der Waals surface area contributed by atoms with Crippen molar-refractivity contribution < 1.29 is 0 Å². The molecule has 1 atom stereocenters. The zero-order chi connectivity index (χ0) is 7.82. The Morgan fingerprint density at radius 1 is 1.30 bits per heavy atom. The molecule has 0 aliphatic carbocycles. The van der Waals surface area contributed by atoms with Gasteiger partial charge in [-0.15, -0.1) is 0 Å². The van der Waals surface area contributed by atoms with Crippen LogP contribution in [-0.4, -0.2) is 6.04 Å². The number of nitrogens with zero attached hydrogens (tertiary/aromatic N) is 2. The third-order valence-electron chi connectivity index (χ3n) is 1.18. The van der Waals surface area contributed by atoms with Crippen molar-refractivity contribution in [3.63, 3.8) is 0 Å². The van der Waals surface area contributed by atoms with Crippen LogP contribution in [0.15, 0.2) is 0 Å². The van der Waals surface area contributed by atoms with E-state index in [9.17, 15) is 0 Å². The first-order chi connectivity index (χ1) is 4.81. The average Bonchev–Trinajstić information content (AvgIpc) is 1.89. The Morgan fingerprint density at radius 2 is 2.00 bits per heavy atom. The lowest BCUT2D eigenvalue weighted by Gasteiger charge is -2.01. The summed E-state index contributed by atoms with van der Waals surface area (Å²) in [6, 6.07) is 3.63. The average molecular weight is 136 g/mol. The van der Waals surface area contributed by atoms with Crippen LogP contribution in [0, 0.1) is 22.7 Å². The fraction of sp³-hybridized carbons (Fsp3) is 0.714. The molecule has 0 aromatic carbocycles. The van der Waals surface area contributed by atoms with Crippen LogP contribution < -0.4 is 5.73 Å². The van der Waals surface area contributed by atoms with Gasteiger partial charge in [0.05, 0.1) is 18.6 Å². The smallest absolute Gasteiger partial charge is 0.0638 e. The summed E-state index contributed by atoms with van der Waals surface area (Å²) < 4.78 is 0. The van der Waals surface area contributed by atoms with Gasteiger partial charge in [-0.2, -0.15) is 10.5 Å². The fourth-order valence-corrected chi connectivity index (χ4v) is 0.640. The van der Waals surface area contributed by atoms with Gasteiger partial charge in [0.2, 0.25) is 0 Å². The maximum atomic E-state index is 8.16. The van der Waals surface area contributed by atoms with E-state index in [1.54, 1.807) is 0 Å². The molecule has 0 aromatic rings. The molecule has 0 saturated heterocycles. The first-order valence-electron chi connectivity index (χ1n) is 3.26. The molecule has 1 unspecified atom stereocenters. The van der Waals surface area contributed by atoms with E-state index in [-0.39, 0.29) is 12.5 Å². The largest absolute Gasteiger partial charge is 0.253 e. The lowest BCUT2D eigenvalue weighted by Crippen LogP contribution is -2.06. The Kier molecular flexibility index (Phi) is 5.42. The molecule has 3 nitrogen and oxygen atoms in total. The van der Waals surface area contributed by atoms with E-state index in [0.29, 0.717) is 12.8 Å². The third kappa shape index (κ3) is 5.08. The fourth-order valence-electron chi connectivity index (χ4n) is 0.640. The molecule has 0 spiro atoms. The van der Waals surface area contributed by atoms with Crippen LogP contribution in [0.1, 0.15) is 25.7 Å². The molecule has 0 bridgehead atoms. The molecular formula is C7H10N3. The molecule has 0 saturated carbocycles. The Balaban J connectivity index is 3.16. The number of rotatable bonds is 4. The monoisotopic (exact) mass is 136 g/mol. The summed E-state index contributed by atoms with van der Waals surface area (Å²) in [5.41, 5.74) is 7.22. The quantitative estimate of drug-likeness (QED) is 0.545. The van der Waals surface area contributed by atoms with Gasteiger partial charge in [0.1, 0.15) is 0 Å². The Bertz CT molecular complexity index is 151. The van der Waals surface area contributed by atoms with Gasteiger partial charge in [-0.3, -0.25) is 5.73 Å². The second-order valence-electron chi connectivity index (χ2n) is 2.11. The molecule has 1 N–H and O–H groups in total. The van der Waals surface area contributed by atoms with Crippen LogP contribution in [0.25, 0.3) is 0 Å². The third-order valence-corrected chi connectivity index (χ3v) is 1.18. The van der Waals surface area contributed by atoms with Gasteiger partial charge in [0, 0.05) is 12.5 Å². The maximum absolute atomic E-state index is 8.16. The van der Waals surface area contributed by atoms with E-state index in [2.05, 4.69) is 0 Å². The van der Waals surface area contributed by atoms with Crippen molar-refractivity contribution in [3.8, 4) is 12.1 Å². The minimum Gasteiger partial charge on any atom is -0.253 e. The van der Waals surface area contributed by atoms with Gasteiger partial charge in [-0.1, -0.05) is 0 Å². The van der Waals surface area contributed by atoms with Crippen LogP contribution in [0.3, 0.4) is 0 Å². The van der Waals surface area contributed by atoms with Crippen LogP contribution in [0.4, 0.5) is 0 Å². The normalized spacial score (nSPS) is 11.5. The lowest BCUT2D eigenvalue weighted by atomic mass is 10.1. The molecule has 0 aliphatic rings. The molecule has 3 heteroatoms. The highest BCUT2D eigenvalue weighted by Crippen LogP contribution is 2.01. The summed E-state index contributed by atoms with van der Waals surface area (Å²) in [5.74, 6) is 0. The zero-order valence-corrected chi connectivity index (χ0v) is 5.80. The van der Waals surface area contributed by atoms with E-state index in [4.69, 9.17) is 16.3 Å². The molecule has 0 rings (SSSR count). The van der Waals surface area contributed by atoms with Crippen molar-refractivity contribution in [2.45, 2.75) is 31.7 Å². The highest BCUT2D eigenvalue weighted by Gasteiger charge is 2.00. The summed E-state index contributed by atoms with van der Waals surface area (Å²) in [6.07, 6.45) is 2.19. The highest BCUT2D eigenvalue weighted by atomic mass is 14.6. The lowest BCUT2D eigenvalue weighted by molar-refractivity contribution is 0.584.